The second kappa shape index (κ2) is 5.33. The van der Waals surface area contributed by atoms with E-state index >= 15 is 0 Å². The summed E-state index contributed by atoms with van der Waals surface area (Å²) in [6, 6.07) is 12.0. The van der Waals surface area contributed by atoms with Gasteiger partial charge >= 0.3 is 0 Å². The third kappa shape index (κ3) is 2.23. The van der Waals surface area contributed by atoms with Crippen LogP contribution in [0, 0.1) is 22.7 Å². The molecule has 4 fully saturated rings. The summed E-state index contributed by atoms with van der Waals surface area (Å²) in [6.07, 6.45) is 8.13. The first kappa shape index (κ1) is 16.3. The highest BCUT2D eigenvalue weighted by Gasteiger charge is 2.77. The third-order valence-corrected chi connectivity index (χ3v) is 8.32. The van der Waals surface area contributed by atoms with Crippen LogP contribution in [0.5, 0.6) is 0 Å². The van der Waals surface area contributed by atoms with Gasteiger partial charge in [-0.25, -0.2) is 0 Å². The highest BCUT2D eigenvalue weighted by Crippen LogP contribution is 2.82. The molecule has 5 rings (SSSR count). The molecule has 2 N–H and O–H groups in total. The minimum atomic E-state index is 0.442. The van der Waals surface area contributed by atoms with Crippen LogP contribution in [-0.2, 0) is 5.41 Å². The molecular weight excluding hydrogens is 304 g/mol. The minimum absolute atomic E-state index is 0.442. The third-order valence-electron chi connectivity index (χ3n) is 8.32. The van der Waals surface area contributed by atoms with E-state index in [4.69, 9.17) is 5.73 Å². The lowest BCUT2D eigenvalue weighted by atomic mass is 9.23. The van der Waals surface area contributed by atoms with E-state index in [-0.39, 0.29) is 0 Å². The molecular formula is C23H34N2. The Morgan fingerprint density at radius 3 is 2.48 bits per heavy atom. The average molecular weight is 339 g/mol. The summed E-state index contributed by atoms with van der Waals surface area (Å²) in [7, 11) is 0. The van der Waals surface area contributed by atoms with Gasteiger partial charge in [-0.1, -0.05) is 44.2 Å². The van der Waals surface area contributed by atoms with Gasteiger partial charge in [-0.05, 0) is 79.8 Å². The lowest BCUT2D eigenvalue weighted by Gasteiger charge is -2.81. The summed E-state index contributed by atoms with van der Waals surface area (Å²) in [5, 5.41) is 0. The number of nitrogens with zero attached hydrogens (tertiary/aromatic N) is 1. The van der Waals surface area contributed by atoms with E-state index in [0.29, 0.717) is 22.3 Å². The Morgan fingerprint density at radius 1 is 1.08 bits per heavy atom. The second-order valence-corrected chi connectivity index (χ2v) is 10.5. The topological polar surface area (TPSA) is 29.3 Å². The van der Waals surface area contributed by atoms with E-state index in [0.717, 1.165) is 11.8 Å². The predicted molar refractivity (Wildman–Crippen MR) is 103 cm³/mol. The molecule has 0 bridgehead atoms. The molecule has 3 unspecified atom stereocenters. The van der Waals surface area contributed by atoms with Gasteiger partial charge in [0.05, 0.1) is 0 Å². The normalized spacial score (nSPS) is 46.8. The number of benzene rings is 1. The first-order valence-corrected chi connectivity index (χ1v) is 10.5. The van der Waals surface area contributed by atoms with Crippen molar-refractivity contribution in [3.8, 4) is 0 Å². The SMILES string of the molecule is CC1CC2(CN3CCC(N)CC3)C[C@]3(C)C[C@@](c4ccccc4)(C1)C23. The number of likely N-dealkylation sites (tertiary alicyclic amines) is 1. The van der Waals surface area contributed by atoms with Gasteiger partial charge in [0.15, 0.2) is 0 Å². The molecule has 5 atom stereocenters. The number of piperidine rings is 1. The summed E-state index contributed by atoms with van der Waals surface area (Å²) in [5.41, 5.74) is 9.44. The fourth-order valence-corrected chi connectivity index (χ4v) is 8.42. The Kier molecular flexibility index (Phi) is 3.48. The van der Waals surface area contributed by atoms with Crippen LogP contribution in [0.4, 0.5) is 0 Å². The fraction of sp³-hybridized carbons (Fsp3) is 0.739. The minimum Gasteiger partial charge on any atom is -0.328 e. The first-order valence-electron chi connectivity index (χ1n) is 10.5. The summed E-state index contributed by atoms with van der Waals surface area (Å²) < 4.78 is 0. The maximum Gasteiger partial charge on any atom is 0.00631 e. The summed E-state index contributed by atoms with van der Waals surface area (Å²) >= 11 is 0. The Morgan fingerprint density at radius 2 is 1.80 bits per heavy atom. The monoisotopic (exact) mass is 338 g/mol. The van der Waals surface area contributed by atoms with Crippen molar-refractivity contribution in [1.29, 1.82) is 0 Å². The molecule has 136 valence electrons. The van der Waals surface area contributed by atoms with E-state index < -0.39 is 0 Å². The molecule has 1 aliphatic heterocycles. The van der Waals surface area contributed by atoms with E-state index in [2.05, 4.69) is 49.1 Å². The van der Waals surface area contributed by atoms with Crippen molar-refractivity contribution in [3.05, 3.63) is 35.9 Å². The van der Waals surface area contributed by atoms with Gasteiger partial charge in [0.25, 0.3) is 0 Å². The number of hydrogen-bond acceptors (Lipinski definition) is 2. The molecule has 2 heteroatoms. The van der Waals surface area contributed by atoms with Gasteiger partial charge in [0.1, 0.15) is 0 Å². The summed E-state index contributed by atoms with van der Waals surface area (Å²) in [5.74, 6) is 1.76. The van der Waals surface area contributed by atoms with E-state index in [1.807, 2.05) is 0 Å². The molecule has 0 spiro atoms. The maximum absolute atomic E-state index is 6.15. The maximum atomic E-state index is 6.15. The standard InChI is InChI=1S/C23H34N2/c1-17-12-22(16-25-10-8-19(24)9-11-25)14-21(2)15-23(13-17,20(21)22)18-6-4-3-5-7-18/h3-7,17,19-20H,8-16,24H2,1-2H3/t17?,20?,21-,22?,23-/m1/s1. The molecule has 25 heavy (non-hydrogen) atoms. The number of rotatable bonds is 3. The fourth-order valence-electron chi connectivity index (χ4n) is 8.42. The van der Waals surface area contributed by atoms with Crippen molar-refractivity contribution >= 4 is 0 Å². The van der Waals surface area contributed by atoms with Crippen LogP contribution in [-0.4, -0.2) is 30.6 Å². The van der Waals surface area contributed by atoms with Crippen LogP contribution < -0.4 is 5.73 Å². The predicted octanol–water partition coefficient (Wildman–Crippen LogP) is 4.19. The first-order chi connectivity index (χ1) is 12.0. The van der Waals surface area contributed by atoms with E-state index in [1.165, 1.54) is 58.2 Å². The van der Waals surface area contributed by atoms with Gasteiger partial charge in [-0.2, -0.15) is 0 Å². The molecule has 0 aromatic heterocycles. The number of hydrogen-bond donors (Lipinski definition) is 1. The van der Waals surface area contributed by atoms with Gasteiger partial charge < -0.3 is 10.6 Å². The zero-order valence-electron chi connectivity index (χ0n) is 16.0. The molecule has 0 amide bonds. The zero-order valence-corrected chi connectivity index (χ0v) is 16.0. The van der Waals surface area contributed by atoms with E-state index in [1.54, 1.807) is 5.56 Å². The Balaban J connectivity index is 1.45. The van der Waals surface area contributed by atoms with E-state index in [9.17, 15) is 0 Å². The van der Waals surface area contributed by atoms with Gasteiger partial charge in [0, 0.05) is 18.0 Å². The van der Waals surface area contributed by atoms with Crippen molar-refractivity contribution in [2.24, 2.45) is 28.4 Å². The van der Waals surface area contributed by atoms with Gasteiger partial charge in [-0.15, -0.1) is 0 Å². The summed E-state index contributed by atoms with van der Waals surface area (Å²) in [6.45, 7) is 8.87. The van der Waals surface area contributed by atoms with Crippen LogP contribution in [0.1, 0.15) is 57.9 Å². The molecule has 2 nitrogen and oxygen atoms in total. The molecule has 4 aliphatic rings. The Bertz CT molecular complexity index is 641. The zero-order chi connectivity index (χ0) is 17.3. The van der Waals surface area contributed by atoms with Crippen LogP contribution in [0.2, 0.25) is 0 Å². The Labute approximate surface area is 153 Å². The van der Waals surface area contributed by atoms with Gasteiger partial charge in [-0.3, -0.25) is 0 Å². The molecule has 1 aromatic carbocycles. The lowest BCUT2D eigenvalue weighted by Crippen LogP contribution is -2.77. The average Bonchev–Trinajstić information content (AvgIpc) is 2.55. The highest BCUT2D eigenvalue weighted by molar-refractivity contribution is 5.40. The van der Waals surface area contributed by atoms with Crippen molar-refractivity contribution in [2.75, 3.05) is 19.6 Å². The van der Waals surface area contributed by atoms with Crippen LogP contribution >= 0.6 is 0 Å². The molecule has 1 saturated heterocycles. The van der Waals surface area contributed by atoms with Crippen molar-refractivity contribution in [3.63, 3.8) is 0 Å². The van der Waals surface area contributed by atoms with Crippen molar-refractivity contribution < 1.29 is 0 Å². The molecule has 1 aromatic rings. The van der Waals surface area contributed by atoms with Gasteiger partial charge in [0.2, 0.25) is 0 Å². The van der Waals surface area contributed by atoms with Crippen LogP contribution in [0.25, 0.3) is 0 Å². The molecule has 3 aliphatic carbocycles. The number of nitrogens with two attached hydrogens (primary N) is 1. The second-order valence-electron chi connectivity index (χ2n) is 10.5. The molecule has 3 saturated carbocycles. The molecule has 0 radical (unpaired) electrons. The van der Waals surface area contributed by atoms with Crippen LogP contribution in [0.3, 0.4) is 0 Å². The lowest BCUT2D eigenvalue weighted by molar-refractivity contribution is -0.290. The largest absolute Gasteiger partial charge is 0.328 e. The quantitative estimate of drug-likeness (QED) is 0.895. The molecule has 1 heterocycles. The van der Waals surface area contributed by atoms with Crippen molar-refractivity contribution in [1.82, 2.24) is 4.90 Å². The smallest absolute Gasteiger partial charge is 0.00631 e. The van der Waals surface area contributed by atoms with Crippen molar-refractivity contribution in [2.45, 2.75) is 63.8 Å². The summed E-state index contributed by atoms with van der Waals surface area (Å²) in [4.78, 5) is 2.76. The van der Waals surface area contributed by atoms with Crippen LogP contribution in [0.15, 0.2) is 30.3 Å². The Hall–Kier alpha value is -0.860. The highest BCUT2D eigenvalue weighted by atomic mass is 15.2.